The van der Waals surface area contributed by atoms with Gasteiger partial charge in [0.15, 0.2) is 0 Å². The van der Waals surface area contributed by atoms with Crippen LogP contribution in [-0.2, 0) is 0 Å². The number of ether oxygens (including phenoxy) is 2. The Balaban J connectivity index is 1.19. The first-order valence-electron chi connectivity index (χ1n) is 16.4. The molecule has 8 aromatic carbocycles. The predicted octanol–water partition coefficient (Wildman–Crippen LogP) is 9.86. The largest absolute Gasteiger partial charge is 0.458 e. The molecule has 48 heavy (non-hydrogen) atoms. The van der Waals surface area contributed by atoms with E-state index in [1.165, 1.54) is 27.2 Å². The Morgan fingerprint density at radius 3 is 1.75 bits per heavy atom. The Morgan fingerprint density at radius 1 is 0.396 bits per heavy atom. The lowest BCUT2D eigenvalue weighted by Crippen LogP contribution is -2.57. The van der Waals surface area contributed by atoms with Crippen LogP contribution < -0.4 is 30.8 Å². The molecule has 2 aliphatic rings. The van der Waals surface area contributed by atoms with Crippen molar-refractivity contribution >= 4 is 61.7 Å². The first kappa shape index (κ1) is 26.9. The van der Waals surface area contributed by atoms with Crippen LogP contribution in [0.5, 0.6) is 23.0 Å². The number of hydrogen-bond donors (Lipinski definition) is 0. The van der Waals surface area contributed by atoms with Gasteiger partial charge < -0.3 is 14.4 Å². The smallest absolute Gasteiger partial charge is 0.261 e. The van der Waals surface area contributed by atoms with E-state index in [-0.39, 0.29) is 6.71 Å². The predicted molar refractivity (Wildman–Crippen MR) is 199 cm³/mol. The Bertz CT molecular complexity index is 2490. The van der Waals surface area contributed by atoms with Gasteiger partial charge >= 0.3 is 0 Å². The molecule has 224 valence electrons. The zero-order valence-electron chi connectivity index (χ0n) is 26.0. The zero-order chi connectivity index (χ0) is 31.6. The van der Waals surface area contributed by atoms with Gasteiger partial charge in [0.1, 0.15) is 23.0 Å². The fraction of sp³-hybridized carbons (Fsp3) is 0. The van der Waals surface area contributed by atoms with Crippen molar-refractivity contribution < 1.29 is 9.47 Å². The lowest BCUT2D eigenvalue weighted by atomic mass is 9.34. The summed E-state index contributed by atoms with van der Waals surface area (Å²) in [6, 6.07) is 60.0. The molecule has 0 bridgehead atoms. The Hall–Kier alpha value is -6.26. The minimum Gasteiger partial charge on any atom is -0.458 e. The molecule has 0 N–H and O–H groups in total. The topological polar surface area (TPSA) is 21.7 Å². The van der Waals surface area contributed by atoms with Gasteiger partial charge in [0.2, 0.25) is 0 Å². The van der Waals surface area contributed by atoms with Gasteiger partial charge in [-0.25, -0.2) is 0 Å². The Kier molecular flexibility index (Phi) is 5.97. The number of rotatable bonds is 4. The molecule has 0 saturated carbocycles. The molecule has 0 aromatic heterocycles. The molecule has 0 spiro atoms. The van der Waals surface area contributed by atoms with Crippen LogP contribution in [0.2, 0.25) is 0 Å². The van der Waals surface area contributed by atoms with Crippen LogP contribution in [0.25, 0.3) is 32.7 Å². The van der Waals surface area contributed by atoms with Crippen molar-refractivity contribution in [1.82, 2.24) is 0 Å². The highest BCUT2D eigenvalue weighted by atomic mass is 16.5. The molecule has 0 amide bonds. The number of nitrogens with zero attached hydrogens (tertiary/aromatic N) is 1. The quantitative estimate of drug-likeness (QED) is 0.185. The van der Waals surface area contributed by atoms with Gasteiger partial charge in [-0.15, -0.1) is 0 Å². The fourth-order valence-corrected chi connectivity index (χ4v) is 7.59. The molecular formula is C44H28BNO2. The highest BCUT2D eigenvalue weighted by Gasteiger charge is 2.41. The van der Waals surface area contributed by atoms with Gasteiger partial charge in [0, 0.05) is 28.3 Å². The SMILES string of the molecule is c1ccc(N(c2ccccc2)c2cc3c(c4ccccc24)B2c4ccc(-c5ccc6ccccc6c5)cc4Oc4cccc(c42)O3)cc1. The zero-order valence-corrected chi connectivity index (χ0v) is 26.0. The third-order valence-corrected chi connectivity index (χ3v) is 9.75. The van der Waals surface area contributed by atoms with Crippen LogP contribution in [0.4, 0.5) is 17.1 Å². The first-order valence-corrected chi connectivity index (χ1v) is 16.4. The third kappa shape index (κ3) is 4.16. The van der Waals surface area contributed by atoms with Gasteiger partial charge in [-0.05, 0) is 86.7 Å². The molecule has 10 rings (SSSR count). The summed E-state index contributed by atoms with van der Waals surface area (Å²) < 4.78 is 13.5. The minimum absolute atomic E-state index is 0.0461. The molecule has 0 unspecified atom stereocenters. The molecule has 3 nitrogen and oxygen atoms in total. The van der Waals surface area contributed by atoms with Gasteiger partial charge in [0.25, 0.3) is 6.71 Å². The Morgan fingerprint density at radius 2 is 1.00 bits per heavy atom. The number of hydrogen-bond acceptors (Lipinski definition) is 3. The van der Waals surface area contributed by atoms with Gasteiger partial charge in [-0.3, -0.25) is 0 Å². The molecule has 0 atom stereocenters. The summed E-state index contributed by atoms with van der Waals surface area (Å²) in [5, 5.41) is 4.79. The first-order chi connectivity index (χ1) is 23.8. The number of anilines is 3. The molecule has 0 saturated heterocycles. The van der Waals surface area contributed by atoms with Crippen molar-refractivity contribution in [2.45, 2.75) is 0 Å². The third-order valence-electron chi connectivity index (χ3n) is 9.75. The second kappa shape index (κ2) is 10.6. The van der Waals surface area contributed by atoms with Crippen molar-refractivity contribution in [1.29, 1.82) is 0 Å². The van der Waals surface area contributed by atoms with Crippen LogP contribution in [-0.4, -0.2) is 6.71 Å². The molecule has 2 heterocycles. The van der Waals surface area contributed by atoms with Crippen molar-refractivity contribution in [2.24, 2.45) is 0 Å². The van der Waals surface area contributed by atoms with E-state index in [2.05, 4.69) is 169 Å². The average molecular weight is 614 g/mol. The Labute approximate surface area is 279 Å². The summed E-state index contributed by atoms with van der Waals surface area (Å²) in [6.45, 7) is -0.0461. The number of para-hydroxylation sites is 2. The van der Waals surface area contributed by atoms with E-state index in [1.54, 1.807) is 0 Å². The normalized spacial score (nSPS) is 12.5. The average Bonchev–Trinajstić information content (AvgIpc) is 3.15. The standard InChI is InChI=1S/C44H28BNO2/c1-3-14-33(15-4-1)46(34-16-5-2-6-17-34)38-28-42-43(36-19-10-9-18-35(36)38)45-37-25-24-32(31-23-22-29-12-7-8-13-30(29)26-31)27-41(37)47-39-20-11-21-40(48-42)44(39)45/h1-28H. The summed E-state index contributed by atoms with van der Waals surface area (Å²) in [6.07, 6.45) is 0. The summed E-state index contributed by atoms with van der Waals surface area (Å²) in [5.74, 6) is 3.42. The van der Waals surface area contributed by atoms with Crippen LogP contribution >= 0.6 is 0 Å². The second-order valence-electron chi connectivity index (χ2n) is 12.5. The van der Waals surface area contributed by atoms with Crippen molar-refractivity contribution in [3.05, 3.63) is 170 Å². The highest BCUT2D eigenvalue weighted by molar-refractivity contribution is 6.99. The van der Waals surface area contributed by atoms with E-state index >= 15 is 0 Å². The highest BCUT2D eigenvalue weighted by Crippen LogP contribution is 2.44. The van der Waals surface area contributed by atoms with Crippen molar-refractivity contribution in [3.8, 4) is 34.1 Å². The molecule has 4 heteroatoms. The van der Waals surface area contributed by atoms with Crippen molar-refractivity contribution in [3.63, 3.8) is 0 Å². The van der Waals surface area contributed by atoms with E-state index in [9.17, 15) is 0 Å². The van der Waals surface area contributed by atoms with Gasteiger partial charge in [0.05, 0.1) is 5.69 Å². The van der Waals surface area contributed by atoms with E-state index in [1.807, 2.05) is 6.07 Å². The summed E-state index contributed by atoms with van der Waals surface area (Å²) >= 11 is 0. The van der Waals surface area contributed by atoms with E-state index in [0.717, 1.165) is 61.9 Å². The number of fused-ring (bicyclic) bond motifs is 7. The van der Waals surface area contributed by atoms with E-state index in [4.69, 9.17) is 9.47 Å². The maximum absolute atomic E-state index is 6.84. The van der Waals surface area contributed by atoms with Gasteiger partial charge in [-0.2, -0.15) is 0 Å². The maximum atomic E-state index is 6.84. The molecule has 8 aromatic rings. The lowest BCUT2D eigenvalue weighted by Gasteiger charge is -2.35. The van der Waals surface area contributed by atoms with Gasteiger partial charge in [-0.1, -0.05) is 115 Å². The van der Waals surface area contributed by atoms with Crippen LogP contribution in [0.1, 0.15) is 0 Å². The molecule has 0 fully saturated rings. The fourth-order valence-electron chi connectivity index (χ4n) is 7.59. The molecular weight excluding hydrogens is 585 g/mol. The second-order valence-corrected chi connectivity index (χ2v) is 12.5. The van der Waals surface area contributed by atoms with Crippen LogP contribution in [0.3, 0.4) is 0 Å². The summed E-state index contributed by atoms with van der Waals surface area (Å²) in [7, 11) is 0. The monoisotopic (exact) mass is 613 g/mol. The van der Waals surface area contributed by atoms with E-state index in [0.29, 0.717) is 0 Å². The number of benzene rings is 8. The minimum atomic E-state index is -0.0461. The van der Waals surface area contributed by atoms with Crippen molar-refractivity contribution in [2.75, 3.05) is 4.90 Å². The van der Waals surface area contributed by atoms with Crippen LogP contribution in [0.15, 0.2) is 170 Å². The lowest BCUT2D eigenvalue weighted by molar-refractivity contribution is 0.465. The molecule has 2 aliphatic heterocycles. The van der Waals surface area contributed by atoms with E-state index < -0.39 is 0 Å². The summed E-state index contributed by atoms with van der Waals surface area (Å²) in [4.78, 5) is 2.33. The molecule has 0 aliphatic carbocycles. The molecule has 0 radical (unpaired) electrons. The summed E-state index contributed by atoms with van der Waals surface area (Å²) in [5.41, 5.74) is 8.94. The van der Waals surface area contributed by atoms with Crippen LogP contribution in [0, 0.1) is 0 Å². The maximum Gasteiger partial charge on any atom is 0.261 e.